The fraction of sp³-hybridized carbons (Fsp3) is 0. The van der Waals surface area contributed by atoms with E-state index in [1.165, 1.54) is 0 Å². The summed E-state index contributed by atoms with van der Waals surface area (Å²) in [4.78, 5) is 3.78. The van der Waals surface area contributed by atoms with Crippen LogP contribution in [0.25, 0.3) is 0 Å². The van der Waals surface area contributed by atoms with E-state index in [1.807, 2.05) is 18.2 Å². The number of rotatable bonds is 0. The largest absolute Gasteiger partial charge is 0.265 e. The third-order valence-electron chi connectivity index (χ3n) is 0.566. The molecule has 0 unspecified atom stereocenters. The quantitative estimate of drug-likeness (QED) is 0.537. The van der Waals surface area contributed by atoms with Gasteiger partial charge in [-0.3, -0.25) is 4.98 Å². The maximum absolute atomic E-state index is 3.78. The molecule has 0 saturated heterocycles. The molecule has 2 heteroatoms. The molecule has 7 heavy (non-hydrogen) atoms. The molecule has 0 saturated carbocycles. The van der Waals surface area contributed by atoms with Gasteiger partial charge in [-0.25, -0.2) is 0 Å². The third-order valence-corrected chi connectivity index (χ3v) is 0.566. The molecule has 0 atom stereocenters. The minimum absolute atomic E-state index is 0. The summed E-state index contributed by atoms with van der Waals surface area (Å²) >= 11 is 0. The van der Waals surface area contributed by atoms with E-state index in [2.05, 4.69) is 4.98 Å². The maximum atomic E-state index is 3.78. The summed E-state index contributed by atoms with van der Waals surface area (Å²) in [6.07, 6.45) is 3.50. The van der Waals surface area contributed by atoms with Gasteiger partial charge < -0.3 is 0 Å². The summed E-state index contributed by atoms with van der Waals surface area (Å²) < 4.78 is 0. The first-order chi connectivity index (χ1) is 3.00. The molecule has 1 rings (SSSR count). The Kier molecular flexibility index (Phi) is 4.12. The second-order valence-electron chi connectivity index (χ2n) is 1.02. The average molecular weight is 204 g/mol. The van der Waals surface area contributed by atoms with E-state index < -0.39 is 0 Å². The van der Waals surface area contributed by atoms with Crippen LogP contribution in [-0.4, -0.2) is 29.4 Å². The van der Waals surface area contributed by atoms with Crippen LogP contribution in [0.2, 0.25) is 0 Å². The normalized spacial score (nSPS) is 6.86. The number of aromatic nitrogens is 1. The molecule has 0 spiro atoms. The van der Waals surface area contributed by atoms with Crippen LogP contribution < -0.4 is 0 Å². The van der Waals surface area contributed by atoms with Gasteiger partial charge in [0.1, 0.15) is 0 Å². The molecule has 0 aliphatic heterocycles. The minimum Gasteiger partial charge on any atom is -0.265 e. The van der Waals surface area contributed by atoms with E-state index in [0.717, 1.165) is 0 Å². The molecule has 0 N–H and O–H groups in total. The average Bonchev–Trinajstić information content (AvgIpc) is 1.72. The Morgan fingerprint density at radius 2 is 1.43 bits per heavy atom. The summed E-state index contributed by atoms with van der Waals surface area (Å²) in [5.74, 6) is 0. The van der Waals surface area contributed by atoms with Gasteiger partial charge in [0.2, 0.25) is 0 Å². The predicted octanol–water partition coefficient (Wildman–Crippen LogP) is -0.102. The summed E-state index contributed by atoms with van der Waals surface area (Å²) in [5, 5.41) is 0. The molecule has 0 amide bonds. The Bertz CT molecular complexity index is 80.0. The van der Waals surface area contributed by atoms with E-state index in [9.17, 15) is 0 Å². The van der Waals surface area contributed by atoms with Crippen molar-refractivity contribution >= 4 is 24.4 Å². The second-order valence-corrected chi connectivity index (χ2v) is 1.02. The van der Waals surface area contributed by atoms with Crippen LogP contribution in [0.4, 0.5) is 0 Å². The Morgan fingerprint density at radius 1 is 0.857 bits per heavy atom. The standard InChI is InChI=1S/C5H5N.Sb.3H/c1-2-4-6-5-3-1;;;;/h1-5H;;;;. The number of nitrogens with zero attached hydrogens (tertiary/aromatic N) is 1. The summed E-state index contributed by atoms with van der Waals surface area (Å²) in [6, 6.07) is 5.72. The van der Waals surface area contributed by atoms with Gasteiger partial charge >= 0.3 is 24.4 Å². The van der Waals surface area contributed by atoms with Gasteiger partial charge in [0.05, 0.1) is 0 Å². The van der Waals surface area contributed by atoms with E-state index >= 15 is 0 Å². The van der Waals surface area contributed by atoms with E-state index in [0.29, 0.717) is 0 Å². The second kappa shape index (κ2) is 4.14. The van der Waals surface area contributed by atoms with Crippen molar-refractivity contribution in [2.24, 2.45) is 0 Å². The van der Waals surface area contributed by atoms with Crippen LogP contribution in [0.1, 0.15) is 0 Å². The fourth-order valence-electron chi connectivity index (χ4n) is 0.313. The van der Waals surface area contributed by atoms with Gasteiger partial charge in [0, 0.05) is 12.4 Å². The Morgan fingerprint density at radius 3 is 1.57 bits per heavy atom. The number of hydrogen-bond acceptors (Lipinski definition) is 1. The predicted molar refractivity (Wildman–Crippen MR) is 34.2 cm³/mol. The molecule has 0 aromatic carbocycles. The zero-order valence-corrected chi connectivity index (χ0v) is 8.08. The van der Waals surface area contributed by atoms with Gasteiger partial charge in [0.25, 0.3) is 0 Å². The van der Waals surface area contributed by atoms with Crippen molar-refractivity contribution in [3.05, 3.63) is 30.6 Å². The SMILES string of the molecule is [SbH3].c1ccncc1. The van der Waals surface area contributed by atoms with Crippen LogP contribution >= 0.6 is 0 Å². The molecule has 0 fully saturated rings. The third kappa shape index (κ3) is 2.64. The van der Waals surface area contributed by atoms with Crippen molar-refractivity contribution in [1.82, 2.24) is 4.98 Å². The number of hydrogen-bond donors (Lipinski definition) is 0. The molecule has 0 bridgehead atoms. The van der Waals surface area contributed by atoms with E-state index in [1.54, 1.807) is 12.4 Å². The first-order valence-electron chi connectivity index (χ1n) is 1.85. The summed E-state index contributed by atoms with van der Waals surface area (Å²) in [7, 11) is 0. The first-order valence-corrected chi connectivity index (χ1v) is 1.85. The molecular weight excluding hydrogens is 196 g/mol. The van der Waals surface area contributed by atoms with E-state index in [4.69, 9.17) is 0 Å². The molecule has 1 aromatic rings. The smallest absolute Gasteiger partial charge is 0.0267 e. The first kappa shape index (κ1) is 6.97. The Labute approximate surface area is 60.2 Å². The van der Waals surface area contributed by atoms with Crippen LogP contribution in [0.15, 0.2) is 30.6 Å². The molecule has 0 radical (unpaired) electrons. The molecule has 1 heterocycles. The van der Waals surface area contributed by atoms with Gasteiger partial charge in [-0.1, -0.05) is 6.07 Å². The molecular formula is C5H8NSb. The van der Waals surface area contributed by atoms with Gasteiger partial charge in [0.15, 0.2) is 0 Å². The molecule has 0 aliphatic rings. The van der Waals surface area contributed by atoms with Crippen molar-refractivity contribution in [2.75, 3.05) is 0 Å². The van der Waals surface area contributed by atoms with Gasteiger partial charge in [-0.2, -0.15) is 0 Å². The van der Waals surface area contributed by atoms with Gasteiger partial charge in [-0.15, -0.1) is 0 Å². The van der Waals surface area contributed by atoms with Crippen LogP contribution in [0.3, 0.4) is 0 Å². The van der Waals surface area contributed by atoms with Crippen LogP contribution in [0.5, 0.6) is 0 Å². The zero-order valence-electron chi connectivity index (χ0n) is 4.04. The maximum Gasteiger partial charge on any atom is 0.0267 e. The molecule has 1 nitrogen and oxygen atoms in total. The van der Waals surface area contributed by atoms with Crippen LogP contribution in [-0.2, 0) is 0 Å². The van der Waals surface area contributed by atoms with Crippen molar-refractivity contribution in [3.63, 3.8) is 0 Å². The van der Waals surface area contributed by atoms with Gasteiger partial charge in [-0.05, 0) is 12.1 Å². The Balaban J connectivity index is 0.000000360. The fourth-order valence-corrected chi connectivity index (χ4v) is 0.313. The monoisotopic (exact) mass is 203 g/mol. The number of pyridine rings is 1. The van der Waals surface area contributed by atoms with E-state index in [-0.39, 0.29) is 24.4 Å². The summed E-state index contributed by atoms with van der Waals surface area (Å²) in [6.45, 7) is 0. The zero-order chi connectivity index (χ0) is 4.24. The minimum atomic E-state index is 0. The Hall–Kier alpha value is -0.0318. The molecule has 0 aliphatic carbocycles. The van der Waals surface area contributed by atoms with Crippen molar-refractivity contribution in [1.29, 1.82) is 0 Å². The van der Waals surface area contributed by atoms with Crippen LogP contribution in [0, 0.1) is 0 Å². The topological polar surface area (TPSA) is 12.9 Å². The summed E-state index contributed by atoms with van der Waals surface area (Å²) in [5.41, 5.74) is 0. The molecule has 38 valence electrons. The van der Waals surface area contributed by atoms with Crippen molar-refractivity contribution in [3.8, 4) is 0 Å². The van der Waals surface area contributed by atoms with Crippen molar-refractivity contribution in [2.45, 2.75) is 0 Å². The van der Waals surface area contributed by atoms with Crippen molar-refractivity contribution < 1.29 is 0 Å². The molecule has 1 aromatic heterocycles.